The second-order valence-electron chi connectivity index (χ2n) is 7.12. The van der Waals surface area contributed by atoms with Gasteiger partial charge in [0.25, 0.3) is 0 Å². The SMILES string of the molecule is Cc1ccc([C@H](NC(=O)Cn2cc(C(C)C)nn2)c2ccncc2)cc1C. The van der Waals surface area contributed by atoms with Crippen LogP contribution in [0.1, 0.15) is 53.8 Å². The summed E-state index contributed by atoms with van der Waals surface area (Å²) in [4.78, 5) is 16.8. The van der Waals surface area contributed by atoms with Crippen molar-refractivity contribution in [3.8, 4) is 0 Å². The Kier molecular flexibility index (Phi) is 5.64. The minimum atomic E-state index is -0.243. The molecule has 2 aromatic heterocycles. The second kappa shape index (κ2) is 8.12. The minimum absolute atomic E-state index is 0.116. The van der Waals surface area contributed by atoms with Gasteiger partial charge in [-0.1, -0.05) is 37.3 Å². The highest BCUT2D eigenvalue weighted by Gasteiger charge is 2.18. The van der Waals surface area contributed by atoms with E-state index in [9.17, 15) is 4.79 Å². The van der Waals surface area contributed by atoms with Crippen LogP contribution in [0, 0.1) is 13.8 Å². The van der Waals surface area contributed by atoms with Gasteiger partial charge >= 0.3 is 0 Å². The van der Waals surface area contributed by atoms with Gasteiger partial charge < -0.3 is 5.32 Å². The summed E-state index contributed by atoms with van der Waals surface area (Å²) in [7, 11) is 0. The molecule has 0 aliphatic heterocycles. The molecule has 140 valence electrons. The first-order valence-electron chi connectivity index (χ1n) is 9.10. The number of aromatic nitrogens is 4. The molecule has 0 spiro atoms. The van der Waals surface area contributed by atoms with Gasteiger partial charge in [0.2, 0.25) is 5.91 Å². The van der Waals surface area contributed by atoms with Gasteiger partial charge in [0.1, 0.15) is 6.54 Å². The molecule has 0 fully saturated rings. The van der Waals surface area contributed by atoms with Crippen molar-refractivity contribution in [2.24, 2.45) is 0 Å². The largest absolute Gasteiger partial charge is 0.344 e. The number of carbonyl (C=O) groups excluding carboxylic acids is 1. The topological polar surface area (TPSA) is 72.7 Å². The van der Waals surface area contributed by atoms with Crippen molar-refractivity contribution in [3.63, 3.8) is 0 Å². The maximum atomic E-state index is 12.7. The lowest BCUT2D eigenvalue weighted by atomic mass is 9.96. The van der Waals surface area contributed by atoms with Crippen LogP contribution in [0.5, 0.6) is 0 Å². The van der Waals surface area contributed by atoms with Crippen LogP contribution in [0.4, 0.5) is 0 Å². The van der Waals surface area contributed by atoms with Crippen LogP contribution in [0.3, 0.4) is 0 Å². The standard InChI is InChI=1S/C21H25N5O/c1-14(2)19-12-26(25-24-19)13-20(27)23-21(17-7-9-22-10-8-17)18-6-5-15(3)16(4)11-18/h5-12,14,21H,13H2,1-4H3,(H,23,27)/t21-/m1/s1. The average molecular weight is 363 g/mol. The van der Waals surface area contributed by atoms with Crippen LogP contribution in [0.2, 0.25) is 0 Å². The Balaban J connectivity index is 1.82. The van der Waals surface area contributed by atoms with Gasteiger partial charge in [-0.3, -0.25) is 9.78 Å². The number of amides is 1. The Bertz CT molecular complexity index is 917. The number of hydrogen-bond donors (Lipinski definition) is 1. The maximum Gasteiger partial charge on any atom is 0.242 e. The normalized spacial score (nSPS) is 12.2. The second-order valence-corrected chi connectivity index (χ2v) is 7.12. The van der Waals surface area contributed by atoms with Crippen LogP contribution in [0.25, 0.3) is 0 Å². The summed E-state index contributed by atoms with van der Waals surface area (Å²) in [5.74, 6) is 0.164. The molecular weight excluding hydrogens is 338 g/mol. The van der Waals surface area contributed by atoms with Crippen molar-refractivity contribution in [1.29, 1.82) is 0 Å². The molecule has 1 N–H and O–H groups in total. The number of rotatable bonds is 6. The molecule has 1 atom stereocenters. The molecule has 0 saturated carbocycles. The number of hydrogen-bond acceptors (Lipinski definition) is 4. The summed E-state index contributed by atoms with van der Waals surface area (Å²) in [5.41, 5.74) is 5.32. The molecule has 6 nitrogen and oxygen atoms in total. The van der Waals surface area contributed by atoms with Gasteiger partial charge in [0, 0.05) is 18.6 Å². The third-order valence-electron chi connectivity index (χ3n) is 4.66. The number of nitrogens with one attached hydrogen (secondary N) is 1. The quantitative estimate of drug-likeness (QED) is 0.729. The predicted octanol–water partition coefficient (Wildman–Crippen LogP) is 3.32. The summed E-state index contributed by atoms with van der Waals surface area (Å²) < 4.78 is 1.58. The van der Waals surface area contributed by atoms with Gasteiger partial charge in [0.15, 0.2) is 0 Å². The number of benzene rings is 1. The molecule has 27 heavy (non-hydrogen) atoms. The Morgan fingerprint density at radius 1 is 1.07 bits per heavy atom. The highest BCUT2D eigenvalue weighted by molar-refractivity contribution is 5.76. The molecule has 3 rings (SSSR count). The van der Waals surface area contributed by atoms with Crippen LogP contribution >= 0.6 is 0 Å². The average Bonchev–Trinajstić information content (AvgIpc) is 3.11. The van der Waals surface area contributed by atoms with E-state index in [1.165, 1.54) is 11.1 Å². The van der Waals surface area contributed by atoms with E-state index in [0.29, 0.717) is 0 Å². The van der Waals surface area contributed by atoms with Crippen molar-refractivity contribution < 1.29 is 4.79 Å². The van der Waals surface area contributed by atoms with Crippen LogP contribution in [-0.4, -0.2) is 25.9 Å². The lowest BCUT2D eigenvalue weighted by Gasteiger charge is -2.20. The third-order valence-corrected chi connectivity index (χ3v) is 4.66. The Hall–Kier alpha value is -3.02. The summed E-state index contributed by atoms with van der Waals surface area (Å²) in [6, 6.07) is 9.86. The minimum Gasteiger partial charge on any atom is -0.344 e. The number of carbonyl (C=O) groups is 1. The fraction of sp³-hybridized carbons (Fsp3) is 0.333. The third kappa shape index (κ3) is 4.58. The van der Waals surface area contributed by atoms with Gasteiger partial charge in [-0.15, -0.1) is 5.10 Å². The molecular formula is C21H25N5O. The lowest BCUT2D eigenvalue weighted by molar-refractivity contribution is -0.122. The van der Waals surface area contributed by atoms with Crippen molar-refractivity contribution in [2.45, 2.75) is 46.2 Å². The maximum absolute atomic E-state index is 12.7. The van der Waals surface area contributed by atoms with E-state index >= 15 is 0 Å². The van der Waals surface area contributed by atoms with Gasteiger partial charge in [-0.25, -0.2) is 4.68 Å². The first kappa shape index (κ1) is 18.8. The Morgan fingerprint density at radius 3 is 2.44 bits per heavy atom. The van der Waals surface area contributed by atoms with E-state index in [4.69, 9.17) is 0 Å². The molecule has 3 aromatic rings. The zero-order valence-electron chi connectivity index (χ0n) is 16.2. The molecule has 0 aliphatic rings. The molecule has 1 aromatic carbocycles. The van der Waals surface area contributed by atoms with Gasteiger partial charge in [-0.05, 0) is 54.2 Å². The number of aryl methyl sites for hydroxylation is 2. The van der Waals surface area contributed by atoms with Crippen molar-refractivity contribution in [2.75, 3.05) is 0 Å². The van der Waals surface area contributed by atoms with Crippen molar-refractivity contribution in [3.05, 3.63) is 76.9 Å². The summed E-state index contributed by atoms with van der Waals surface area (Å²) >= 11 is 0. The van der Waals surface area contributed by atoms with E-state index in [1.54, 1.807) is 17.1 Å². The van der Waals surface area contributed by atoms with E-state index in [2.05, 4.69) is 52.7 Å². The van der Waals surface area contributed by atoms with Crippen LogP contribution in [-0.2, 0) is 11.3 Å². The fourth-order valence-electron chi connectivity index (χ4n) is 2.87. The van der Waals surface area contributed by atoms with E-state index in [-0.39, 0.29) is 24.4 Å². The van der Waals surface area contributed by atoms with E-state index in [0.717, 1.165) is 16.8 Å². The zero-order valence-corrected chi connectivity index (χ0v) is 16.2. The fourth-order valence-corrected chi connectivity index (χ4v) is 2.87. The first-order chi connectivity index (χ1) is 12.9. The summed E-state index contributed by atoms with van der Waals surface area (Å²) in [6.07, 6.45) is 5.30. The molecule has 1 amide bonds. The molecule has 0 radical (unpaired) electrons. The molecule has 0 unspecified atom stereocenters. The van der Waals surface area contributed by atoms with Crippen molar-refractivity contribution in [1.82, 2.24) is 25.3 Å². The van der Waals surface area contributed by atoms with Gasteiger partial charge in [0.05, 0.1) is 11.7 Å². The monoisotopic (exact) mass is 363 g/mol. The molecule has 0 aliphatic carbocycles. The molecule has 2 heterocycles. The number of nitrogens with zero attached hydrogens (tertiary/aromatic N) is 4. The smallest absolute Gasteiger partial charge is 0.242 e. The summed E-state index contributed by atoms with van der Waals surface area (Å²) in [5, 5.41) is 11.3. The van der Waals surface area contributed by atoms with E-state index < -0.39 is 0 Å². The van der Waals surface area contributed by atoms with Crippen LogP contribution in [0.15, 0.2) is 48.9 Å². The Labute approximate surface area is 159 Å². The molecule has 6 heteroatoms. The number of pyridine rings is 1. The van der Waals surface area contributed by atoms with Gasteiger partial charge in [-0.2, -0.15) is 0 Å². The highest BCUT2D eigenvalue weighted by Crippen LogP contribution is 2.24. The highest BCUT2D eigenvalue weighted by atomic mass is 16.2. The van der Waals surface area contributed by atoms with E-state index in [1.807, 2.05) is 32.2 Å². The zero-order chi connectivity index (χ0) is 19.4. The van der Waals surface area contributed by atoms with Crippen LogP contribution < -0.4 is 5.32 Å². The predicted molar refractivity (Wildman–Crippen MR) is 104 cm³/mol. The van der Waals surface area contributed by atoms with Crippen molar-refractivity contribution >= 4 is 5.91 Å². The molecule has 0 bridgehead atoms. The first-order valence-corrected chi connectivity index (χ1v) is 9.10. The molecule has 0 saturated heterocycles. The Morgan fingerprint density at radius 2 is 1.81 bits per heavy atom. The lowest BCUT2D eigenvalue weighted by Crippen LogP contribution is -2.32. The summed E-state index contributed by atoms with van der Waals surface area (Å²) in [6.45, 7) is 8.39.